The van der Waals surface area contributed by atoms with E-state index in [1.165, 1.54) is 334 Å². The van der Waals surface area contributed by atoms with E-state index in [1.54, 1.807) is 0 Å². The molecule has 464 valence electrons. The van der Waals surface area contributed by atoms with Gasteiger partial charge in [-0.1, -0.05) is 360 Å². The number of carbonyl (C=O) groups is 2. The van der Waals surface area contributed by atoms with Gasteiger partial charge in [0.2, 0.25) is 5.91 Å². The summed E-state index contributed by atoms with van der Waals surface area (Å²) < 4.78 is 5.48. The Balaban J connectivity index is 3.30. The Bertz CT molecular complexity index is 1180. The number of amides is 1. The molecule has 0 fully saturated rings. The average Bonchev–Trinajstić information content (AvgIpc) is 3.44. The number of aliphatic hydroxyl groups excluding tert-OH is 2. The predicted octanol–water partition coefficient (Wildman–Crippen LogP) is 23.1. The first kappa shape index (κ1) is 76.6. The molecule has 0 aliphatic heterocycles. The van der Waals surface area contributed by atoms with Gasteiger partial charge < -0.3 is 20.3 Å². The molecule has 2 unspecified atom stereocenters. The Hall–Kier alpha value is -1.40. The zero-order valence-electron chi connectivity index (χ0n) is 53.2. The fourth-order valence-corrected chi connectivity index (χ4v) is 11.6. The number of allylic oxidation sites excluding steroid dienone is 2. The van der Waals surface area contributed by atoms with Crippen molar-refractivity contribution >= 4 is 11.9 Å². The number of hydrogen-bond acceptors (Lipinski definition) is 5. The van der Waals surface area contributed by atoms with Gasteiger partial charge in [0, 0.05) is 12.8 Å². The first-order valence-electron chi connectivity index (χ1n) is 35.9. The molecule has 1 amide bonds. The number of rotatable bonds is 68. The second-order valence-electron chi connectivity index (χ2n) is 24.9. The molecular weight excluding hydrogens is 959 g/mol. The minimum absolute atomic E-state index is 0.0132. The van der Waals surface area contributed by atoms with E-state index >= 15 is 0 Å². The normalized spacial score (nSPS) is 12.5. The summed E-state index contributed by atoms with van der Waals surface area (Å²) in [5.74, 6) is -0.0135. The third-order valence-corrected chi connectivity index (χ3v) is 17.1. The van der Waals surface area contributed by atoms with Gasteiger partial charge in [-0.05, 0) is 51.4 Å². The van der Waals surface area contributed by atoms with Crippen molar-refractivity contribution in [1.82, 2.24) is 5.32 Å². The number of esters is 1. The second-order valence-corrected chi connectivity index (χ2v) is 24.9. The fourth-order valence-electron chi connectivity index (χ4n) is 11.6. The molecule has 0 saturated carbocycles. The number of unbranched alkanes of at least 4 members (excludes halogenated alkanes) is 55. The molecule has 0 spiro atoms. The van der Waals surface area contributed by atoms with Gasteiger partial charge in [-0.2, -0.15) is 0 Å². The zero-order valence-corrected chi connectivity index (χ0v) is 53.2. The van der Waals surface area contributed by atoms with E-state index in [4.69, 9.17) is 4.74 Å². The molecule has 6 nitrogen and oxygen atoms in total. The van der Waals surface area contributed by atoms with Crippen LogP contribution in [0.1, 0.15) is 412 Å². The van der Waals surface area contributed by atoms with Crippen LogP contribution in [0.25, 0.3) is 0 Å². The number of aliphatic hydroxyl groups is 2. The summed E-state index contributed by atoms with van der Waals surface area (Å²) in [6, 6.07) is -0.537. The number of nitrogens with one attached hydrogen (secondary N) is 1. The molecular formula is C72H141NO5. The Labute approximate surface area is 489 Å². The molecule has 3 N–H and O–H groups in total. The summed E-state index contributed by atoms with van der Waals surface area (Å²) in [5.41, 5.74) is 0. The van der Waals surface area contributed by atoms with Crippen molar-refractivity contribution in [2.24, 2.45) is 0 Å². The lowest BCUT2D eigenvalue weighted by atomic mass is 10.0. The van der Waals surface area contributed by atoms with Gasteiger partial charge in [0.25, 0.3) is 0 Å². The largest absolute Gasteiger partial charge is 0.466 e. The van der Waals surface area contributed by atoms with E-state index in [-0.39, 0.29) is 18.5 Å². The van der Waals surface area contributed by atoms with Crippen LogP contribution in [0.3, 0.4) is 0 Å². The van der Waals surface area contributed by atoms with Crippen LogP contribution in [0.15, 0.2) is 12.2 Å². The van der Waals surface area contributed by atoms with E-state index in [0.29, 0.717) is 25.9 Å². The molecule has 0 aromatic carbocycles. The highest BCUT2D eigenvalue weighted by atomic mass is 16.5. The van der Waals surface area contributed by atoms with Crippen LogP contribution in [0, 0.1) is 0 Å². The van der Waals surface area contributed by atoms with Gasteiger partial charge in [-0.25, -0.2) is 0 Å². The number of hydrogen-bond donors (Lipinski definition) is 3. The number of carbonyl (C=O) groups excluding carboxylic acids is 2. The molecule has 78 heavy (non-hydrogen) atoms. The third-order valence-electron chi connectivity index (χ3n) is 17.1. The van der Waals surface area contributed by atoms with Gasteiger partial charge in [0.1, 0.15) is 0 Å². The highest BCUT2D eigenvalue weighted by Crippen LogP contribution is 2.19. The lowest BCUT2D eigenvalue weighted by molar-refractivity contribution is -0.143. The monoisotopic (exact) mass is 1100 g/mol. The van der Waals surface area contributed by atoms with Crippen molar-refractivity contribution in [3.63, 3.8) is 0 Å². The molecule has 0 aromatic heterocycles. The predicted molar refractivity (Wildman–Crippen MR) is 343 cm³/mol. The van der Waals surface area contributed by atoms with Gasteiger partial charge in [-0.15, -0.1) is 0 Å². The van der Waals surface area contributed by atoms with E-state index in [9.17, 15) is 19.8 Å². The molecule has 0 saturated heterocycles. The first-order valence-corrected chi connectivity index (χ1v) is 35.9. The van der Waals surface area contributed by atoms with Crippen LogP contribution < -0.4 is 5.32 Å². The van der Waals surface area contributed by atoms with Crippen molar-refractivity contribution in [3.05, 3.63) is 12.2 Å². The van der Waals surface area contributed by atoms with Crippen LogP contribution in [0.2, 0.25) is 0 Å². The minimum Gasteiger partial charge on any atom is -0.466 e. The molecule has 6 heteroatoms. The van der Waals surface area contributed by atoms with E-state index in [0.717, 1.165) is 44.9 Å². The smallest absolute Gasteiger partial charge is 0.305 e. The molecule has 0 radical (unpaired) electrons. The molecule has 0 rings (SSSR count). The summed E-state index contributed by atoms with van der Waals surface area (Å²) in [6.07, 6.45) is 84.2. The minimum atomic E-state index is -0.660. The van der Waals surface area contributed by atoms with Crippen molar-refractivity contribution in [1.29, 1.82) is 0 Å². The Morgan fingerprint density at radius 3 is 0.923 bits per heavy atom. The lowest BCUT2D eigenvalue weighted by Gasteiger charge is -2.22. The standard InChI is InChI=1S/C72H141NO5/c1-3-5-7-9-11-13-15-17-37-41-44-48-52-56-60-64-70(75)69(68-74)73-71(76)65-61-57-53-49-45-42-38-35-33-31-29-27-25-23-21-19-18-20-22-24-26-28-30-32-34-36-39-43-47-51-55-59-63-67-78-72(77)66-62-58-54-50-46-40-16-14-12-10-8-6-4-2/h14,16,69-70,74-75H,3-13,15,17-68H2,1-2H3,(H,73,76)/b16-14-. The molecule has 2 atom stereocenters. The van der Waals surface area contributed by atoms with Gasteiger partial charge in [0.05, 0.1) is 25.4 Å². The maximum atomic E-state index is 12.5. The lowest BCUT2D eigenvalue weighted by Crippen LogP contribution is -2.45. The van der Waals surface area contributed by atoms with E-state index in [2.05, 4.69) is 31.3 Å². The van der Waals surface area contributed by atoms with Crippen molar-refractivity contribution in [2.75, 3.05) is 13.2 Å². The summed E-state index contributed by atoms with van der Waals surface area (Å²) in [5, 5.41) is 23.3. The van der Waals surface area contributed by atoms with Crippen LogP contribution in [0.4, 0.5) is 0 Å². The third kappa shape index (κ3) is 63.8. The van der Waals surface area contributed by atoms with Crippen molar-refractivity contribution < 1.29 is 24.5 Å². The SMILES string of the molecule is CCCCCC/C=C\CCCCCCCC(=O)OCCCCCCCCCCCCCCCCCCCCCCCCCCCCCCCCCCCC(=O)NC(CO)C(O)CCCCCCCCCCCCCCCCC. The Morgan fingerprint density at radius 2 is 0.603 bits per heavy atom. The van der Waals surface area contributed by atoms with Crippen LogP contribution >= 0.6 is 0 Å². The summed E-state index contributed by atoms with van der Waals surface area (Å²) in [4.78, 5) is 24.6. The summed E-state index contributed by atoms with van der Waals surface area (Å²) in [6.45, 7) is 4.97. The molecule has 0 aliphatic rings. The Kier molecular flexibility index (Phi) is 66.9. The average molecular weight is 1100 g/mol. The summed E-state index contributed by atoms with van der Waals surface area (Å²) in [7, 11) is 0. The van der Waals surface area contributed by atoms with Crippen LogP contribution in [-0.2, 0) is 14.3 Å². The molecule has 0 heterocycles. The topological polar surface area (TPSA) is 95.9 Å². The molecule has 0 aromatic rings. The quantitative estimate of drug-likeness (QED) is 0.0320. The van der Waals surface area contributed by atoms with E-state index in [1.807, 2.05) is 0 Å². The molecule has 0 aliphatic carbocycles. The highest BCUT2D eigenvalue weighted by molar-refractivity contribution is 5.76. The van der Waals surface area contributed by atoms with Gasteiger partial charge >= 0.3 is 5.97 Å². The van der Waals surface area contributed by atoms with E-state index < -0.39 is 12.1 Å². The van der Waals surface area contributed by atoms with Gasteiger partial charge in [0.15, 0.2) is 0 Å². The summed E-state index contributed by atoms with van der Waals surface area (Å²) >= 11 is 0. The highest BCUT2D eigenvalue weighted by Gasteiger charge is 2.20. The van der Waals surface area contributed by atoms with Crippen molar-refractivity contribution in [2.45, 2.75) is 424 Å². The van der Waals surface area contributed by atoms with Crippen molar-refractivity contribution in [3.8, 4) is 0 Å². The number of ether oxygens (including phenoxy) is 1. The Morgan fingerprint density at radius 1 is 0.346 bits per heavy atom. The fraction of sp³-hybridized carbons (Fsp3) is 0.944. The first-order chi connectivity index (χ1) is 38.5. The second kappa shape index (κ2) is 68.1. The maximum Gasteiger partial charge on any atom is 0.305 e. The zero-order chi connectivity index (χ0) is 56.4. The molecule has 0 bridgehead atoms. The van der Waals surface area contributed by atoms with Crippen LogP contribution in [-0.4, -0.2) is 47.4 Å². The van der Waals surface area contributed by atoms with Crippen LogP contribution in [0.5, 0.6) is 0 Å². The maximum absolute atomic E-state index is 12.5. The van der Waals surface area contributed by atoms with Gasteiger partial charge in [-0.3, -0.25) is 9.59 Å².